The van der Waals surface area contributed by atoms with Crippen LogP contribution in [0.2, 0.25) is 0 Å². The Morgan fingerprint density at radius 3 is 2.43 bits per heavy atom. The van der Waals surface area contributed by atoms with Crippen LogP contribution in [-0.2, 0) is 14.8 Å². The summed E-state index contributed by atoms with van der Waals surface area (Å²) in [7, 11) is -2.25. The molecule has 0 aromatic heterocycles. The third kappa shape index (κ3) is 4.80. The monoisotopic (exact) mass is 334 g/mol. The van der Waals surface area contributed by atoms with E-state index in [1.54, 1.807) is 24.3 Å². The fourth-order valence-electron chi connectivity index (χ4n) is 1.93. The number of benzene rings is 2. The first-order valence-electron chi connectivity index (χ1n) is 6.91. The van der Waals surface area contributed by atoms with Gasteiger partial charge in [0.1, 0.15) is 5.75 Å². The van der Waals surface area contributed by atoms with Crippen LogP contribution in [0, 0.1) is 6.92 Å². The third-order valence-corrected chi connectivity index (χ3v) is 4.51. The standard InChI is InChI=1S/C16H18N2O4S/c1-12-4-3-5-13(10-12)18-16(19)11-17-23(20,21)15-8-6-14(22-2)7-9-15/h3-10,17H,11H2,1-2H3,(H,18,19). The van der Waals surface area contributed by atoms with E-state index in [0.717, 1.165) is 5.56 Å². The fourth-order valence-corrected chi connectivity index (χ4v) is 2.91. The summed E-state index contributed by atoms with van der Waals surface area (Å²) in [6.07, 6.45) is 0. The van der Waals surface area contributed by atoms with Gasteiger partial charge in [-0.1, -0.05) is 12.1 Å². The topological polar surface area (TPSA) is 84.5 Å². The average Bonchev–Trinajstić information content (AvgIpc) is 2.53. The van der Waals surface area contributed by atoms with Gasteiger partial charge in [-0.25, -0.2) is 13.1 Å². The number of amides is 1. The number of ether oxygens (including phenoxy) is 1. The molecule has 2 N–H and O–H groups in total. The molecule has 1 amide bonds. The van der Waals surface area contributed by atoms with Crippen molar-refractivity contribution in [2.24, 2.45) is 0 Å². The molecule has 2 aromatic rings. The highest BCUT2D eigenvalue weighted by molar-refractivity contribution is 7.89. The van der Waals surface area contributed by atoms with Gasteiger partial charge in [0.25, 0.3) is 0 Å². The van der Waals surface area contributed by atoms with Crippen molar-refractivity contribution in [1.82, 2.24) is 4.72 Å². The van der Waals surface area contributed by atoms with E-state index in [1.807, 2.05) is 19.1 Å². The van der Waals surface area contributed by atoms with Gasteiger partial charge in [-0.3, -0.25) is 4.79 Å². The van der Waals surface area contributed by atoms with Crippen molar-refractivity contribution < 1.29 is 17.9 Å². The van der Waals surface area contributed by atoms with Gasteiger partial charge >= 0.3 is 0 Å². The van der Waals surface area contributed by atoms with Gasteiger partial charge in [-0.05, 0) is 48.9 Å². The maximum absolute atomic E-state index is 12.1. The van der Waals surface area contributed by atoms with Gasteiger partial charge in [0.05, 0.1) is 18.6 Å². The lowest BCUT2D eigenvalue weighted by molar-refractivity contribution is -0.115. The molecule has 0 atom stereocenters. The van der Waals surface area contributed by atoms with Gasteiger partial charge in [0.2, 0.25) is 15.9 Å². The summed E-state index contributed by atoms with van der Waals surface area (Å²) in [6, 6.07) is 13.2. The van der Waals surface area contributed by atoms with E-state index in [1.165, 1.54) is 19.2 Å². The number of sulfonamides is 1. The van der Waals surface area contributed by atoms with Crippen LogP contribution in [0.5, 0.6) is 5.75 Å². The zero-order valence-electron chi connectivity index (χ0n) is 12.9. The van der Waals surface area contributed by atoms with Gasteiger partial charge in [-0.2, -0.15) is 0 Å². The summed E-state index contributed by atoms with van der Waals surface area (Å²) >= 11 is 0. The molecule has 0 fully saturated rings. The molecule has 0 bridgehead atoms. The van der Waals surface area contributed by atoms with E-state index in [4.69, 9.17) is 4.74 Å². The van der Waals surface area contributed by atoms with E-state index >= 15 is 0 Å². The largest absolute Gasteiger partial charge is 0.497 e. The Morgan fingerprint density at radius 1 is 1.13 bits per heavy atom. The van der Waals surface area contributed by atoms with Gasteiger partial charge in [-0.15, -0.1) is 0 Å². The molecule has 0 unspecified atom stereocenters. The minimum absolute atomic E-state index is 0.0710. The maximum Gasteiger partial charge on any atom is 0.241 e. The summed E-state index contributed by atoms with van der Waals surface area (Å²) in [5.41, 5.74) is 1.63. The van der Waals surface area contributed by atoms with Crippen LogP contribution >= 0.6 is 0 Å². The summed E-state index contributed by atoms with van der Waals surface area (Å²) in [5, 5.41) is 2.64. The lowest BCUT2D eigenvalue weighted by Crippen LogP contribution is -2.32. The Hall–Kier alpha value is -2.38. The predicted octanol–water partition coefficient (Wildman–Crippen LogP) is 1.92. The molecule has 23 heavy (non-hydrogen) atoms. The number of carbonyl (C=O) groups excluding carboxylic acids is 1. The molecule has 0 radical (unpaired) electrons. The number of anilines is 1. The van der Waals surface area contributed by atoms with Gasteiger partial charge < -0.3 is 10.1 Å². The first-order chi connectivity index (χ1) is 10.9. The Balaban J connectivity index is 1.96. The molecule has 122 valence electrons. The average molecular weight is 334 g/mol. The molecular weight excluding hydrogens is 316 g/mol. The lowest BCUT2D eigenvalue weighted by atomic mass is 10.2. The second-order valence-corrected chi connectivity index (χ2v) is 6.68. The highest BCUT2D eigenvalue weighted by Gasteiger charge is 2.15. The van der Waals surface area contributed by atoms with E-state index in [2.05, 4.69) is 10.0 Å². The minimum atomic E-state index is -3.75. The molecule has 2 aromatic carbocycles. The molecule has 0 aliphatic carbocycles. The quantitative estimate of drug-likeness (QED) is 0.845. The highest BCUT2D eigenvalue weighted by Crippen LogP contribution is 2.15. The summed E-state index contributed by atoms with van der Waals surface area (Å²) in [4.78, 5) is 11.9. The molecule has 0 spiro atoms. The lowest BCUT2D eigenvalue weighted by Gasteiger charge is -2.09. The zero-order valence-corrected chi connectivity index (χ0v) is 13.7. The van der Waals surface area contributed by atoms with Crippen LogP contribution in [0.1, 0.15) is 5.56 Å². The molecular formula is C16H18N2O4S. The Morgan fingerprint density at radius 2 is 1.83 bits per heavy atom. The van der Waals surface area contributed by atoms with Crippen LogP contribution in [0.25, 0.3) is 0 Å². The van der Waals surface area contributed by atoms with Crippen molar-refractivity contribution in [3.05, 3.63) is 54.1 Å². The Kier molecular flexibility index (Phi) is 5.36. The van der Waals surface area contributed by atoms with E-state index in [0.29, 0.717) is 11.4 Å². The number of rotatable bonds is 6. The van der Waals surface area contributed by atoms with Crippen molar-refractivity contribution in [1.29, 1.82) is 0 Å². The molecule has 0 aliphatic heterocycles. The number of nitrogens with one attached hydrogen (secondary N) is 2. The van der Waals surface area contributed by atoms with E-state index < -0.39 is 15.9 Å². The van der Waals surface area contributed by atoms with Crippen molar-refractivity contribution >= 4 is 21.6 Å². The highest BCUT2D eigenvalue weighted by atomic mass is 32.2. The second kappa shape index (κ2) is 7.26. The van der Waals surface area contributed by atoms with Crippen LogP contribution < -0.4 is 14.8 Å². The van der Waals surface area contributed by atoms with Crippen LogP contribution in [0.4, 0.5) is 5.69 Å². The van der Waals surface area contributed by atoms with Crippen molar-refractivity contribution in [2.45, 2.75) is 11.8 Å². The zero-order chi connectivity index (χ0) is 16.9. The SMILES string of the molecule is COc1ccc(S(=O)(=O)NCC(=O)Nc2cccc(C)c2)cc1. The van der Waals surface area contributed by atoms with E-state index in [9.17, 15) is 13.2 Å². The van der Waals surface area contributed by atoms with E-state index in [-0.39, 0.29) is 11.4 Å². The number of carbonyl (C=O) groups is 1. The first kappa shape index (κ1) is 17.0. The predicted molar refractivity (Wildman–Crippen MR) is 88.0 cm³/mol. The summed E-state index contributed by atoms with van der Waals surface area (Å²) in [6.45, 7) is 1.56. The minimum Gasteiger partial charge on any atom is -0.497 e. The van der Waals surface area contributed by atoms with Crippen LogP contribution in [-0.4, -0.2) is 28.0 Å². The van der Waals surface area contributed by atoms with Gasteiger partial charge in [0, 0.05) is 5.69 Å². The molecule has 0 saturated heterocycles. The number of hydrogen-bond donors (Lipinski definition) is 2. The van der Waals surface area contributed by atoms with Gasteiger partial charge in [0.15, 0.2) is 0 Å². The summed E-state index contributed by atoms with van der Waals surface area (Å²) in [5.74, 6) is 0.119. The fraction of sp³-hybridized carbons (Fsp3) is 0.188. The number of methoxy groups -OCH3 is 1. The molecule has 2 rings (SSSR count). The smallest absolute Gasteiger partial charge is 0.241 e. The number of aryl methyl sites for hydroxylation is 1. The first-order valence-corrected chi connectivity index (χ1v) is 8.39. The second-order valence-electron chi connectivity index (χ2n) is 4.92. The third-order valence-electron chi connectivity index (χ3n) is 3.09. The summed E-state index contributed by atoms with van der Waals surface area (Å²) < 4.78 is 31.5. The van der Waals surface area contributed by atoms with Crippen LogP contribution in [0.15, 0.2) is 53.4 Å². The Labute approximate surface area is 135 Å². The van der Waals surface area contributed by atoms with Crippen molar-refractivity contribution in [3.8, 4) is 5.75 Å². The molecule has 0 saturated carbocycles. The molecule has 0 aliphatic rings. The number of hydrogen-bond acceptors (Lipinski definition) is 4. The Bertz CT molecular complexity index is 786. The van der Waals surface area contributed by atoms with Crippen LogP contribution in [0.3, 0.4) is 0 Å². The van der Waals surface area contributed by atoms with Crippen molar-refractivity contribution in [3.63, 3.8) is 0 Å². The molecule has 7 heteroatoms. The maximum atomic E-state index is 12.1. The van der Waals surface area contributed by atoms with Crippen molar-refractivity contribution in [2.75, 3.05) is 19.0 Å². The normalized spacial score (nSPS) is 11.0. The molecule has 0 heterocycles. The molecule has 6 nitrogen and oxygen atoms in total.